The Hall–Kier alpha value is -1.29. The van der Waals surface area contributed by atoms with Crippen molar-refractivity contribution in [1.29, 1.82) is 5.26 Å². The Balaban J connectivity index is 1.85. The fourth-order valence-electron chi connectivity index (χ4n) is 3.47. The molecule has 0 radical (unpaired) electrons. The first-order valence-electron chi connectivity index (χ1n) is 8.18. The summed E-state index contributed by atoms with van der Waals surface area (Å²) in [6.07, 6.45) is 8.76. The molecular weight excluding hydrogens is 242 g/mol. The van der Waals surface area contributed by atoms with E-state index in [1.54, 1.807) is 0 Å². The molecule has 1 heteroatoms. The molecule has 0 heterocycles. The van der Waals surface area contributed by atoms with Gasteiger partial charge in [0, 0.05) is 0 Å². The Bertz CT molecular complexity index is 432. The smallest absolute Gasteiger partial charge is 0.0669 e. The molecule has 1 aliphatic carbocycles. The molecule has 20 heavy (non-hydrogen) atoms. The SMILES string of the molecule is CCC(C)CC1CCC(c2ccc(CC#N)cc2)CC1. The average Bonchev–Trinajstić information content (AvgIpc) is 2.49. The monoisotopic (exact) mass is 269 g/mol. The number of hydrogen-bond acceptors (Lipinski definition) is 1. The summed E-state index contributed by atoms with van der Waals surface area (Å²) in [4.78, 5) is 0. The van der Waals surface area contributed by atoms with Crippen molar-refractivity contribution >= 4 is 0 Å². The van der Waals surface area contributed by atoms with Gasteiger partial charge in [-0.25, -0.2) is 0 Å². The van der Waals surface area contributed by atoms with Gasteiger partial charge in [0.25, 0.3) is 0 Å². The van der Waals surface area contributed by atoms with Gasteiger partial charge < -0.3 is 0 Å². The zero-order chi connectivity index (χ0) is 14.4. The summed E-state index contributed by atoms with van der Waals surface area (Å²) in [7, 11) is 0. The summed E-state index contributed by atoms with van der Waals surface area (Å²) >= 11 is 0. The molecule has 0 aliphatic heterocycles. The average molecular weight is 269 g/mol. The van der Waals surface area contributed by atoms with Crippen LogP contribution in [-0.2, 0) is 6.42 Å². The molecule has 1 nitrogen and oxygen atoms in total. The van der Waals surface area contributed by atoms with Crippen LogP contribution in [0.3, 0.4) is 0 Å². The van der Waals surface area contributed by atoms with Crippen LogP contribution in [0.15, 0.2) is 24.3 Å². The normalized spacial score (nSPS) is 24.1. The summed E-state index contributed by atoms with van der Waals surface area (Å²) < 4.78 is 0. The number of nitriles is 1. The third-order valence-corrected chi connectivity index (χ3v) is 5.01. The van der Waals surface area contributed by atoms with E-state index in [1.165, 1.54) is 44.1 Å². The predicted octanol–water partition coefficient (Wildman–Crippen LogP) is 5.46. The van der Waals surface area contributed by atoms with Gasteiger partial charge in [0.05, 0.1) is 12.5 Å². The molecule has 1 aromatic carbocycles. The minimum absolute atomic E-state index is 0.530. The predicted molar refractivity (Wildman–Crippen MR) is 84.5 cm³/mol. The Morgan fingerprint density at radius 1 is 1.15 bits per heavy atom. The maximum absolute atomic E-state index is 8.71. The van der Waals surface area contributed by atoms with Crippen LogP contribution in [0, 0.1) is 23.2 Å². The molecule has 0 saturated heterocycles. The van der Waals surface area contributed by atoms with Gasteiger partial charge >= 0.3 is 0 Å². The van der Waals surface area contributed by atoms with Crippen molar-refractivity contribution < 1.29 is 0 Å². The maximum atomic E-state index is 8.71. The molecule has 1 aromatic rings. The van der Waals surface area contributed by atoms with Crippen LogP contribution in [-0.4, -0.2) is 0 Å². The lowest BCUT2D eigenvalue weighted by Gasteiger charge is -2.30. The Kier molecular flexibility index (Phi) is 5.65. The van der Waals surface area contributed by atoms with Gasteiger partial charge in [-0.2, -0.15) is 5.26 Å². The van der Waals surface area contributed by atoms with Gasteiger partial charge in [-0.05, 0) is 61.0 Å². The fraction of sp³-hybridized carbons (Fsp3) is 0.632. The first-order chi connectivity index (χ1) is 9.72. The van der Waals surface area contributed by atoms with Crippen molar-refractivity contribution in [1.82, 2.24) is 0 Å². The molecule has 1 aliphatic rings. The summed E-state index contributed by atoms with van der Waals surface area (Å²) in [6.45, 7) is 4.69. The lowest BCUT2D eigenvalue weighted by Crippen LogP contribution is -2.15. The number of nitrogens with zero attached hydrogens (tertiary/aromatic N) is 1. The van der Waals surface area contributed by atoms with Crippen LogP contribution >= 0.6 is 0 Å². The van der Waals surface area contributed by atoms with Gasteiger partial charge in [0.15, 0.2) is 0 Å². The van der Waals surface area contributed by atoms with E-state index < -0.39 is 0 Å². The minimum Gasteiger partial charge on any atom is -0.198 e. The van der Waals surface area contributed by atoms with Crippen molar-refractivity contribution in [3.05, 3.63) is 35.4 Å². The summed E-state index contributed by atoms with van der Waals surface area (Å²) in [5.74, 6) is 2.60. The molecule has 1 saturated carbocycles. The van der Waals surface area contributed by atoms with E-state index in [2.05, 4.69) is 44.2 Å². The Morgan fingerprint density at radius 2 is 1.80 bits per heavy atom. The number of benzene rings is 1. The van der Waals surface area contributed by atoms with E-state index in [4.69, 9.17) is 5.26 Å². The van der Waals surface area contributed by atoms with Gasteiger partial charge in [0.2, 0.25) is 0 Å². The van der Waals surface area contributed by atoms with E-state index >= 15 is 0 Å². The van der Waals surface area contributed by atoms with Crippen molar-refractivity contribution in [3.63, 3.8) is 0 Å². The standard InChI is InChI=1S/C19H27N/c1-3-15(2)14-17-6-10-19(11-7-17)18-8-4-16(5-9-18)12-13-20/h4-5,8-9,15,17,19H,3,6-7,10-12,14H2,1-2H3. The molecule has 1 atom stereocenters. The third kappa shape index (κ3) is 4.10. The highest BCUT2D eigenvalue weighted by Gasteiger charge is 2.23. The molecule has 0 bridgehead atoms. The van der Waals surface area contributed by atoms with Gasteiger partial charge in [-0.3, -0.25) is 0 Å². The van der Waals surface area contributed by atoms with E-state index in [1.807, 2.05) is 0 Å². The molecule has 2 rings (SSSR count). The highest BCUT2D eigenvalue weighted by molar-refractivity contribution is 5.27. The van der Waals surface area contributed by atoms with Crippen molar-refractivity contribution in [2.75, 3.05) is 0 Å². The van der Waals surface area contributed by atoms with Crippen LogP contribution in [0.25, 0.3) is 0 Å². The first-order valence-corrected chi connectivity index (χ1v) is 8.18. The van der Waals surface area contributed by atoms with E-state index in [-0.39, 0.29) is 0 Å². The van der Waals surface area contributed by atoms with Crippen LogP contribution < -0.4 is 0 Å². The maximum Gasteiger partial charge on any atom is 0.0669 e. The summed E-state index contributed by atoms with van der Waals surface area (Å²) in [5.41, 5.74) is 2.62. The molecule has 0 spiro atoms. The highest BCUT2D eigenvalue weighted by Crippen LogP contribution is 2.38. The third-order valence-electron chi connectivity index (χ3n) is 5.01. The van der Waals surface area contributed by atoms with Crippen molar-refractivity contribution in [2.45, 2.75) is 64.7 Å². The summed E-state index contributed by atoms with van der Waals surface area (Å²) in [5, 5.41) is 8.71. The second kappa shape index (κ2) is 7.48. The number of hydrogen-bond donors (Lipinski definition) is 0. The molecule has 0 aromatic heterocycles. The van der Waals surface area contributed by atoms with E-state index in [9.17, 15) is 0 Å². The minimum atomic E-state index is 0.530. The molecular formula is C19H27N. The van der Waals surface area contributed by atoms with Crippen LogP contribution in [0.1, 0.15) is 69.4 Å². The fourth-order valence-corrected chi connectivity index (χ4v) is 3.47. The molecule has 108 valence electrons. The van der Waals surface area contributed by atoms with Crippen LogP contribution in [0.5, 0.6) is 0 Å². The van der Waals surface area contributed by atoms with Crippen LogP contribution in [0.2, 0.25) is 0 Å². The topological polar surface area (TPSA) is 23.8 Å². The Labute approximate surface area is 124 Å². The second-order valence-electron chi connectivity index (χ2n) is 6.54. The lowest BCUT2D eigenvalue weighted by atomic mass is 9.75. The van der Waals surface area contributed by atoms with Gasteiger partial charge in [-0.1, -0.05) is 44.5 Å². The first kappa shape index (κ1) is 15.1. The molecule has 0 amide bonds. The van der Waals surface area contributed by atoms with E-state index in [0.717, 1.165) is 23.3 Å². The van der Waals surface area contributed by atoms with E-state index in [0.29, 0.717) is 6.42 Å². The highest BCUT2D eigenvalue weighted by atomic mass is 14.3. The summed E-state index contributed by atoms with van der Waals surface area (Å²) in [6, 6.07) is 11.0. The Morgan fingerprint density at radius 3 is 2.35 bits per heavy atom. The zero-order valence-corrected chi connectivity index (χ0v) is 12.9. The largest absolute Gasteiger partial charge is 0.198 e. The molecule has 0 N–H and O–H groups in total. The quantitative estimate of drug-likeness (QED) is 0.696. The van der Waals surface area contributed by atoms with Gasteiger partial charge in [0.1, 0.15) is 0 Å². The zero-order valence-electron chi connectivity index (χ0n) is 12.9. The van der Waals surface area contributed by atoms with Crippen molar-refractivity contribution in [2.24, 2.45) is 11.8 Å². The lowest BCUT2D eigenvalue weighted by molar-refractivity contribution is 0.273. The molecule has 1 unspecified atom stereocenters. The molecule has 1 fully saturated rings. The van der Waals surface area contributed by atoms with Crippen LogP contribution in [0.4, 0.5) is 0 Å². The number of rotatable bonds is 5. The van der Waals surface area contributed by atoms with Gasteiger partial charge in [-0.15, -0.1) is 0 Å². The van der Waals surface area contributed by atoms with Crippen molar-refractivity contribution in [3.8, 4) is 6.07 Å². The second-order valence-corrected chi connectivity index (χ2v) is 6.54.